The molecule has 0 saturated heterocycles. The molecule has 0 aliphatic rings. The third-order valence-corrected chi connectivity index (χ3v) is 3.73. The normalized spacial score (nSPS) is 10.8. The Hall–Kier alpha value is -2.13. The van der Waals surface area contributed by atoms with Crippen LogP contribution in [0.25, 0.3) is 10.8 Å². The van der Waals surface area contributed by atoms with Gasteiger partial charge in [0, 0.05) is 11.3 Å². The number of halogens is 1. The lowest BCUT2D eigenvalue weighted by Crippen LogP contribution is -2.01. The summed E-state index contributed by atoms with van der Waals surface area (Å²) in [5.41, 5.74) is 1.97. The fraction of sp³-hybridized carbons (Fsp3) is 0.176. The molecule has 106 valence electrons. The lowest BCUT2D eigenvalue weighted by molar-refractivity contribution is 0.904. The fourth-order valence-corrected chi connectivity index (χ4v) is 2.60. The third-order valence-electron chi connectivity index (χ3n) is 3.40. The molecular weight excluding hydrogens is 282 g/mol. The largest absolute Gasteiger partial charge is 0.340 e. The van der Waals surface area contributed by atoms with Gasteiger partial charge in [-0.15, -0.1) is 0 Å². The highest BCUT2D eigenvalue weighted by Crippen LogP contribution is 2.26. The average Bonchev–Trinajstić information content (AvgIpc) is 2.51. The predicted octanol–water partition coefficient (Wildman–Crippen LogP) is 4.98. The van der Waals surface area contributed by atoms with Gasteiger partial charge in [-0.2, -0.15) is 0 Å². The zero-order valence-electron chi connectivity index (χ0n) is 11.8. The van der Waals surface area contributed by atoms with Crippen molar-refractivity contribution in [3.05, 3.63) is 59.5 Å². The number of nitrogens with one attached hydrogen (secondary N) is 1. The fourth-order valence-electron chi connectivity index (χ4n) is 2.37. The van der Waals surface area contributed by atoms with E-state index >= 15 is 0 Å². The lowest BCUT2D eigenvalue weighted by Gasteiger charge is -2.11. The number of aromatic nitrogens is 2. The van der Waals surface area contributed by atoms with Crippen LogP contribution in [0, 0.1) is 0 Å². The second-order valence-electron chi connectivity index (χ2n) is 4.93. The minimum absolute atomic E-state index is 0.523. The Labute approximate surface area is 129 Å². The maximum Gasteiger partial charge on any atom is 0.138 e. The summed E-state index contributed by atoms with van der Waals surface area (Å²) in [5, 5.41) is 6.29. The summed E-state index contributed by atoms with van der Waals surface area (Å²) >= 11 is 6.18. The Bertz CT molecular complexity index is 771. The van der Waals surface area contributed by atoms with Crippen LogP contribution in [0.5, 0.6) is 0 Å². The van der Waals surface area contributed by atoms with E-state index in [0.717, 1.165) is 29.9 Å². The van der Waals surface area contributed by atoms with Crippen molar-refractivity contribution < 1.29 is 0 Å². The van der Waals surface area contributed by atoms with Crippen LogP contribution in [0.2, 0.25) is 5.15 Å². The van der Waals surface area contributed by atoms with Gasteiger partial charge in [0.05, 0.1) is 0 Å². The molecule has 1 N–H and O–H groups in total. The van der Waals surface area contributed by atoms with Gasteiger partial charge >= 0.3 is 0 Å². The van der Waals surface area contributed by atoms with E-state index in [2.05, 4.69) is 46.5 Å². The van der Waals surface area contributed by atoms with Crippen molar-refractivity contribution in [3.8, 4) is 0 Å². The van der Waals surface area contributed by atoms with E-state index in [1.165, 1.54) is 17.1 Å². The molecule has 0 atom stereocenters. The van der Waals surface area contributed by atoms with Crippen molar-refractivity contribution in [1.29, 1.82) is 0 Å². The molecule has 1 heterocycles. The molecule has 4 heteroatoms. The second kappa shape index (κ2) is 6.10. The van der Waals surface area contributed by atoms with Crippen LogP contribution in [0.4, 0.5) is 11.5 Å². The molecule has 0 radical (unpaired) electrons. The van der Waals surface area contributed by atoms with Crippen LogP contribution in [0.3, 0.4) is 0 Å². The van der Waals surface area contributed by atoms with Crippen molar-refractivity contribution in [2.75, 3.05) is 5.32 Å². The zero-order chi connectivity index (χ0) is 14.7. The van der Waals surface area contributed by atoms with Gasteiger partial charge in [0.15, 0.2) is 0 Å². The first-order chi connectivity index (χ1) is 10.3. The number of benzene rings is 2. The van der Waals surface area contributed by atoms with Crippen LogP contribution in [0.15, 0.2) is 48.8 Å². The molecule has 0 aliphatic carbocycles. The van der Waals surface area contributed by atoms with E-state index in [1.54, 1.807) is 0 Å². The zero-order valence-corrected chi connectivity index (χ0v) is 12.6. The Morgan fingerprint density at radius 1 is 1.05 bits per heavy atom. The van der Waals surface area contributed by atoms with Crippen molar-refractivity contribution >= 4 is 33.9 Å². The minimum Gasteiger partial charge on any atom is -0.340 e. The number of fused-ring (bicyclic) bond motifs is 1. The van der Waals surface area contributed by atoms with Gasteiger partial charge in [-0.3, -0.25) is 0 Å². The van der Waals surface area contributed by atoms with Crippen LogP contribution in [-0.2, 0) is 6.42 Å². The Balaban J connectivity index is 1.96. The summed E-state index contributed by atoms with van der Waals surface area (Å²) < 4.78 is 0. The summed E-state index contributed by atoms with van der Waals surface area (Å²) in [6.45, 7) is 2.11. The average molecular weight is 298 g/mol. The predicted molar refractivity (Wildman–Crippen MR) is 88.3 cm³/mol. The Kier molecular flexibility index (Phi) is 4.02. The van der Waals surface area contributed by atoms with Crippen molar-refractivity contribution in [1.82, 2.24) is 9.97 Å². The standard InChI is InChI=1S/C17H16ClN3/c1-2-5-15-16(18)19-11-20-17(15)21-14-9-8-12-6-3-4-7-13(12)10-14/h3-4,6-11H,2,5H2,1H3,(H,19,20,21). The third kappa shape index (κ3) is 2.98. The van der Waals surface area contributed by atoms with Crippen molar-refractivity contribution in [2.24, 2.45) is 0 Å². The monoisotopic (exact) mass is 297 g/mol. The van der Waals surface area contributed by atoms with Gasteiger partial charge in [0.1, 0.15) is 17.3 Å². The first-order valence-electron chi connectivity index (χ1n) is 7.03. The van der Waals surface area contributed by atoms with Crippen LogP contribution in [0.1, 0.15) is 18.9 Å². The van der Waals surface area contributed by atoms with E-state index in [4.69, 9.17) is 11.6 Å². The van der Waals surface area contributed by atoms with Gasteiger partial charge in [0.2, 0.25) is 0 Å². The number of nitrogens with zero attached hydrogens (tertiary/aromatic N) is 2. The summed E-state index contributed by atoms with van der Waals surface area (Å²) in [6.07, 6.45) is 3.35. The summed E-state index contributed by atoms with van der Waals surface area (Å²) in [6, 6.07) is 14.5. The van der Waals surface area contributed by atoms with Gasteiger partial charge in [0.25, 0.3) is 0 Å². The quantitative estimate of drug-likeness (QED) is 0.690. The first-order valence-corrected chi connectivity index (χ1v) is 7.41. The molecule has 21 heavy (non-hydrogen) atoms. The number of anilines is 2. The second-order valence-corrected chi connectivity index (χ2v) is 5.29. The SMILES string of the molecule is CCCc1c(Cl)ncnc1Nc1ccc2ccccc2c1. The van der Waals surface area contributed by atoms with Crippen molar-refractivity contribution in [2.45, 2.75) is 19.8 Å². The molecule has 3 nitrogen and oxygen atoms in total. The molecule has 0 saturated carbocycles. The lowest BCUT2D eigenvalue weighted by atomic mass is 10.1. The highest BCUT2D eigenvalue weighted by Gasteiger charge is 2.09. The molecule has 0 bridgehead atoms. The summed E-state index contributed by atoms with van der Waals surface area (Å²) in [4.78, 5) is 8.39. The molecule has 3 aromatic rings. The first kappa shape index (κ1) is 13.8. The molecule has 0 unspecified atom stereocenters. The molecule has 0 amide bonds. The molecule has 0 aliphatic heterocycles. The summed E-state index contributed by atoms with van der Waals surface area (Å²) in [5.74, 6) is 0.784. The smallest absolute Gasteiger partial charge is 0.138 e. The molecule has 1 aromatic heterocycles. The highest BCUT2D eigenvalue weighted by atomic mass is 35.5. The van der Waals surface area contributed by atoms with Gasteiger partial charge in [-0.1, -0.05) is 55.3 Å². The minimum atomic E-state index is 0.523. The van der Waals surface area contributed by atoms with Gasteiger partial charge < -0.3 is 5.32 Å². The number of hydrogen-bond acceptors (Lipinski definition) is 3. The topological polar surface area (TPSA) is 37.8 Å². The van der Waals surface area contributed by atoms with E-state index in [1.807, 2.05) is 18.2 Å². The van der Waals surface area contributed by atoms with E-state index in [9.17, 15) is 0 Å². The molecule has 3 rings (SSSR count). The summed E-state index contributed by atoms with van der Waals surface area (Å²) in [7, 11) is 0. The maximum absolute atomic E-state index is 6.18. The van der Waals surface area contributed by atoms with Gasteiger partial charge in [-0.25, -0.2) is 9.97 Å². The number of hydrogen-bond donors (Lipinski definition) is 1. The van der Waals surface area contributed by atoms with Crippen LogP contribution < -0.4 is 5.32 Å². The Morgan fingerprint density at radius 3 is 2.67 bits per heavy atom. The van der Waals surface area contributed by atoms with Crippen molar-refractivity contribution in [3.63, 3.8) is 0 Å². The van der Waals surface area contributed by atoms with Gasteiger partial charge in [-0.05, 0) is 29.3 Å². The van der Waals surface area contributed by atoms with E-state index in [-0.39, 0.29) is 0 Å². The number of rotatable bonds is 4. The molecular formula is C17H16ClN3. The molecule has 0 spiro atoms. The Morgan fingerprint density at radius 2 is 1.86 bits per heavy atom. The molecule has 0 fully saturated rings. The van der Waals surface area contributed by atoms with E-state index in [0.29, 0.717) is 5.15 Å². The van der Waals surface area contributed by atoms with Crippen LogP contribution >= 0.6 is 11.6 Å². The van der Waals surface area contributed by atoms with Crippen LogP contribution in [-0.4, -0.2) is 9.97 Å². The molecule has 2 aromatic carbocycles. The highest BCUT2D eigenvalue weighted by molar-refractivity contribution is 6.30. The van der Waals surface area contributed by atoms with E-state index < -0.39 is 0 Å². The maximum atomic E-state index is 6.18.